The van der Waals surface area contributed by atoms with Crippen molar-refractivity contribution in [2.24, 2.45) is 0 Å². The van der Waals surface area contributed by atoms with Crippen molar-refractivity contribution in [3.05, 3.63) is 23.8 Å². The van der Waals surface area contributed by atoms with E-state index in [2.05, 4.69) is 10.6 Å². The first-order valence-electron chi connectivity index (χ1n) is 8.84. The van der Waals surface area contributed by atoms with Gasteiger partial charge in [0.1, 0.15) is 0 Å². The number of sulfone groups is 1. The van der Waals surface area contributed by atoms with Crippen LogP contribution in [0, 0.1) is 0 Å². The maximum absolute atomic E-state index is 13.0. The topological polar surface area (TPSA) is 78.5 Å². The van der Waals surface area contributed by atoms with Crippen molar-refractivity contribution < 1.29 is 26.4 Å². The van der Waals surface area contributed by atoms with Gasteiger partial charge in [-0.15, -0.1) is 0 Å². The zero-order chi connectivity index (χ0) is 19.7. The molecule has 0 saturated carbocycles. The van der Waals surface area contributed by atoms with Crippen molar-refractivity contribution in [3.8, 4) is 0 Å². The van der Waals surface area contributed by atoms with Crippen molar-refractivity contribution >= 4 is 27.1 Å². The zero-order valence-corrected chi connectivity index (χ0v) is 15.5. The third-order valence-corrected chi connectivity index (χ3v) is 6.58. The number of carbonyl (C=O) groups is 1. The lowest BCUT2D eigenvalue weighted by Crippen LogP contribution is -2.39. The molecule has 1 atom stereocenters. The van der Waals surface area contributed by atoms with E-state index in [4.69, 9.17) is 0 Å². The second-order valence-corrected chi connectivity index (χ2v) is 9.17. The van der Waals surface area contributed by atoms with Crippen LogP contribution in [0.4, 0.5) is 24.5 Å². The highest BCUT2D eigenvalue weighted by molar-refractivity contribution is 7.91. The van der Waals surface area contributed by atoms with Crippen LogP contribution >= 0.6 is 0 Å². The molecule has 1 amide bonds. The third-order valence-electron chi connectivity index (χ3n) is 4.81. The van der Waals surface area contributed by atoms with E-state index in [1.54, 1.807) is 0 Å². The van der Waals surface area contributed by atoms with Crippen LogP contribution in [-0.2, 0) is 20.8 Å². The van der Waals surface area contributed by atoms with Crippen molar-refractivity contribution in [3.63, 3.8) is 0 Å². The molecule has 2 saturated heterocycles. The van der Waals surface area contributed by atoms with Gasteiger partial charge in [-0.3, -0.25) is 4.79 Å². The molecule has 2 aliphatic heterocycles. The number of hydrogen-bond donors (Lipinski definition) is 2. The Bertz CT molecular complexity index is 805. The number of nitrogens with zero attached hydrogens (tertiary/aromatic N) is 1. The standard InChI is InChI=1S/C17H22F3N3O3S/c18-17(19,20)12-3-4-15(23-6-1-2-7-23)14(9-12)21-10-16(24)22-13-5-8-27(25,26)11-13/h3-4,9,13,21H,1-2,5-8,10-11H2,(H,22,24). The van der Waals surface area contributed by atoms with Gasteiger partial charge in [-0.1, -0.05) is 0 Å². The summed E-state index contributed by atoms with van der Waals surface area (Å²) in [6.07, 6.45) is -2.18. The van der Waals surface area contributed by atoms with Crippen LogP contribution in [-0.4, -0.2) is 51.5 Å². The smallest absolute Gasteiger partial charge is 0.374 e. The van der Waals surface area contributed by atoms with Crippen molar-refractivity contribution in [1.29, 1.82) is 0 Å². The SMILES string of the molecule is O=C(CNc1cc(C(F)(F)F)ccc1N1CCCC1)NC1CCS(=O)(=O)C1. The highest BCUT2D eigenvalue weighted by atomic mass is 32.2. The average molecular weight is 405 g/mol. The molecule has 10 heteroatoms. The van der Waals surface area contributed by atoms with Gasteiger partial charge in [-0.25, -0.2) is 8.42 Å². The number of amides is 1. The number of hydrogen-bond acceptors (Lipinski definition) is 5. The van der Waals surface area contributed by atoms with E-state index in [0.29, 0.717) is 12.1 Å². The molecule has 3 rings (SSSR count). The normalized spacial score (nSPS) is 22.0. The van der Waals surface area contributed by atoms with Crippen molar-refractivity contribution in [2.75, 3.05) is 41.4 Å². The minimum Gasteiger partial charge on any atom is -0.374 e. The first-order chi connectivity index (χ1) is 12.6. The quantitative estimate of drug-likeness (QED) is 0.784. The van der Waals surface area contributed by atoms with E-state index < -0.39 is 33.5 Å². The lowest BCUT2D eigenvalue weighted by molar-refractivity contribution is -0.137. The molecule has 0 aliphatic carbocycles. The lowest BCUT2D eigenvalue weighted by Gasteiger charge is -2.23. The molecule has 0 spiro atoms. The Kier molecular flexibility index (Phi) is 5.55. The molecule has 150 valence electrons. The minimum absolute atomic E-state index is 0.0398. The van der Waals surface area contributed by atoms with Crippen LogP contribution in [0.5, 0.6) is 0 Å². The molecule has 1 aromatic carbocycles. The number of carbonyl (C=O) groups excluding carboxylic acids is 1. The van der Waals surface area contributed by atoms with Gasteiger partial charge in [0.25, 0.3) is 0 Å². The predicted octanol–water partition coefficient (Wildman–Crippen LogP) is 2.02. The van der Waals surface area contributed by atoms with E-state index in [0.717, 1.165) is 38.1 Å². The van der Waals surface area contributed by atoms with E-state index in [1.165, 1.54) is 6.07 Å². The molecule has 2 heterocycles. The summed E-state index contributed by atoms with van der Waals surface area (Å²) in [5.74, 6) is -0.499. The molecular formula is C17H22F3N3O3S. The number of rotatable bonds is 5. The molecular weight excluding hydrogens is 383 g/mol. The maximum atomic E-state index is 13.0. The van der Waals surface area contributed by atoms with Crippen LogP contribution in [0.1, 0.15) is 24.8 Å². The fraction of sp³-hybridized carbons (Fsp3) is 0.588. The third kappa shape index (κ3) is 5.06. The fourth-order valence-corrected chi connectivity index (χ4v) is 5.12. The molecule has 0 radical (unpaired) electrons. The van der Waals surface area contributed by atoms with E-state index in [1.807, 2.05) is 4.90 Å². The second kappa shape index (κ2) is 7.57. The summed E-state index contributed by atoms with van der Waals surface area (Å²) in [5, 5.41) is 5.42. The van der Waals surface area contributed by atoms with Crippen molar-refractivity contribution in [2.45, 2.75) is 31.5 Å². The van der Waals surface area contributed by atoms with Gasteiger partial charge < -0.3 is 15.5 Å². The molecule has 6 nitrogen and oxygen atoms in total. The number of benzene rings is 1. The van der Waals surface area contributed by atoms with Gasteiger partial charge in [0.05, 0.1) is 35.0 Å². The molecule has 27 heavy (non-hydrogen) atoms. The van der Waals surface area contributed by atoms with Crippen molar-refractivity contribution in [1.82, 2.24) is 5.32 Å². The number of anilines is 2. The van der Waals surface area contributed by atoms with Gasteiger partial charge >= 0.3 is 6.18 Å². The Morgan fingerprint density at radius 1 is 1.22 bits per heavy atom. The summed E-state index contributed by atoms with van der Waals surface area (Å²) < 4.78 is 62.0. The highest BCUT2D eigenvalue weighted by Crippen LogP contribution is 2.36. The van der Waals surface area contributed by atoms with E-state index in [-0.39, 0.29) is 23.7 Å². The summed E-state index contributed by atoms with van der Waals surface area (Å²) in [6.45, 7) is 1.29. The molecule has 2 aliphatic rings. The zero-order valence-electron chi connectivity index (χ0n) is 14.7. The molecule has 2 fully saturated rings. The first kappa shape index (κ1) is 19.8. The Morgan fingerprint density at radius 2 is 1.93 bits per heavy atom. The fourth-order valence-electron chi connectivity index (χ4n) is 3.45. The van der Waals surface area contributed by atoms with Crippen LogP contribution < -0.4 is 15.5 Å². The molecule has 0 aromatic heterocycles. The van der Waals surface area contributed by atoms with Crippen LogP contribution in [0.2, 0.25) is 0 Å². The minimum atomic E-state index is -4.47. The molecule has 1 unspecified atom stereocenters. The summed E-state index contributed by atoms with van der Waals surface area (Å²) >= 11 is 0. The van der Waals surface area contributed by atoms with Gasteiger partial charge in [-0.2, -0.15) is 13.2 Å². The lowest BCUT2D eigenvalue weighted by atomic mass is 10.1. The molecule has 1 aromatic rings. The summed E-state index contributed by atoms with van der Waals surface area (Å²) in [4.78, 5) is 14.1. The van der Waals surface area contributed by atoms with Crippen LogP contribution in [0.15, 0.2) is 18.2 Å². The summed E-state index contributed by atoms with van der Waals surface area (Å²) in [7, 11) is -3.11. The maximum Gasteiger partial charge on any atom is 0.416 e. The highest BCUT2D eigenvalue weighted by Gasteiger charge is 2.32. The molecule has 0 bridgehead atoms. The van der Waals surface area contributed by atoms with Gasteiger partial charge in [-0.05, 0) is 37.5 Å². The number of halogens is 3. The van der Waals surface area contributed by atoms with Crippen LogP contribution in [0.25, 0.3) is 0 Å². The summed E-state index contributed by atoms with van der Waals surface area (Å²) in [6, 6.07) is 3.05. The molecule has 2 N–H and O–H groups in total. The monoisotopic (exact) mass is 405 g/mol. The Balaban J connectivity index is 1.69. The first-order valence-corrected chi connectivity index (χ1v) is 10.7. The van der Waals surface area contributed by atoms with E-state index >= 15 is 0 Å². The predicted molar refractivity (Wildman–Crippen MR) is 96.6 cm³/mol. The summed E-state index contributed by atoms with van der Waals surface area (Å²) in [5.41, 5.74) is 0.105. The van der Waals surface area contributed by atoms with Gasteiger partial charge in [0.2, 0.25) is 5.91 Å². The number of alkyl halides is 3. The Morgan fingerprint density at radius 3 is 2.52 bits per heavy atom. The Labute approximate surface area is 156 Å². The second-order valence-electron chi connectivity index (χ2n) is 6.94. The Hall–Kier alpha value is -1.97. The number of nitrogens with one attached hydrogen (secondary N) is 2. The van der Waals surface area contributed by atoms with Crippen LogP contribution in [0.3, 0.4) is 0 Å². The average Bonchev–Trinajstić information content (AvgIpc) is 3.21. The van der Waals surface area contributed by atoms with E-state index in [9.17, 15) is 26.4 Å². The van der Waals surface area contributed by atoms with Gasteiger partial charge in [0.15, 0.2) is 9.84 Å². The largest absolute Gasteiger partial charge is 0.416 e. The van der Waals surface area contributed by atoms with Gasteiger partial charge in [0, 0.05) is 19.1 Å².